The highest BCUT2D eigenvalue weighted by atomic mass is 16.5. The van der Waals surface area contributed by atoms with E-state index in [2.05, 4.69) is 18.7 Å². The van der Waals surface area contributed by atoms with Crippen molar-refractivity contribution in [1.82, 2.24) is 4.90 Å². The minimum absolute atomic E-state index is 0.341. The van der Waals surface area contributed by atoms with Crippen molar-refractivity contribution in [2.24, 2.45) is 5.92 Å². The zero-order valence-electron chi connectivity index (χ0n) is 7.26. The summed E-state index contributed by atoms with van der Waals surface area (Å²) in [6.45, 7) is 7.42. The van der Waals surface area contributed by atoms with Gasteiger partial charge in [0.05, 0.1) is 19.0 Å². The molecule has 1 N–H and O–H groups in total. The van der Waals surface area contributed by atoms with Crippen molar-refractivity contribution in [3.05, 3.63) is 0 Å². The number of rotatable bonds is 1. The lowest BCUT2D eigenvalue weighted by molar-refractivity contribution is 0.0659. The summed E-state index contributed by atoms with van der Waals surface area (Å²) in [5.41, 5.74) is 0. The van der Waals surface area contributed by atoms with Gasteiger partial charge in [-0.05, 0) is 0 Å². The molecule has 1 aliphatic rings. The molecule has 0 aromatic heterocycles. The van der Waals surface area contributed by atoms with Crippen LogP contribution in [0.2, 0.25) is 0 Å². The minimum atomic E-state index is 0.341. The third-order valence-electron chi connectivity index (χ3n) is 1.90. The summed E-state index contributed by atoms with van der Waals surface area (Å²) in [5, 5.41) is 7.71. The first-order valence-corrected chi connectivity index (χ1v) is 4.13. The molecule has 1 heterocycles. The number of amidine groups is 1. The Bertz CT molecular complexity index is 139. The molecule has 1 fully saturated rings. The van der Waals surface area contributed by atoms with Crippen LogP contribution >= 0.6 is 0 Å². The fourth-order valence-electron chi connectivity index (χ4n) is 1.17. The highest BCUT2D eigenvalue weighted by molar-refractivity contribution is 5.81. The fraction of sp³-hybridized carbons (Fsp3) is 0.875. The first-order valence-electron chi connectivity index (χ1n) is 4.13. The average molecular weight is 156 g/mol. The van der Waals surface area contributed by atoms with Crippen LogP contribution in [0.4, 0.5) is 0 Å². The van der Waals surface area contributed by atoms with Crippen LogP contribution in [0.3, 0.4) is 0 Å². The molecule has 0 unspecified atom stereocenters. The van der Waals surface area contributed by atoms with Crippen LogP contribution in [0.25, 0.3) is 0 Å². The summed E-state index contributed by atoms with van der Waals surface area (Å²) >= 11 is 0. The van der Waals surface area contributed by atoms with Crippen molar-refractivity contribution in [2.45, 2.75) is 13.8 Å². The van der Waals surface area contributed by atoms with Crippen LogP contribution in [-0.2, 0) is 4.74 Å². The van der Waals surface area contributed by atoms with Crippen LogP contribution in [0.1, 0.15) is 13.8 Å². The van der Waals surface area contributed by atoms with E-state index in [1.807, 2.05) is 0 Å². The Balaban J connectivity index is 2.39. The van der Waals surface area contributed by atoms with Gasteiger partial charge in [-0.25, -0.2) is 0 Å². The molecule has 3 heteroatoms. The normalized spacial score (nSPS) is 19.0. The molecular weight excluding hydrogens is 140 g/mol. The number of morpholine rings is 1. The van der Waals surface area contributed by atoms with E-state index in [9.17, 15) is 0 Å². The van der Waals surface area contributed by atoms with Gasteiger partial charge in [-0.1, -0.05) is 13.8 Å². The Hall–Kier alpha value is -0.570. The first kappa shape index (κ1) is 8.53. The fourth-order valence-corrected chi connectivity index (χ4v) is 1.17. The molecule has 0 aliphatic carbocycles. The van der Waals surface area contributed by atoms with E-state index in [1.54, 1.807) is 0 Å². The molecule has 0 spiro atoms. The summed E-state index contributed by atoms with van der Waals surface area (Å²) in [6.07, 6.45) is 0. The predicted molar refractivity (Wildman–Crippen MR) is 45.0 cm³/mol. The van der Waals surface area contributed by atoms with Crippen molar-refractivity contribution in [3.63, 3.8) is 0 Å². The molecule has 0 aromatic rings. The summed E-state index contributed by atoms with van der Waals surface area (Å²) < 4.78 is 5.19. The molecule has 64 valence electrons. The van der Waals surface area contributed by atoms with Crippen molar-refractivity contribution in [2.75, 3.05) is 26.3 Å². The largest absolute Gasteiger partial charge is 0.378 e. The maximum atomic E-state index is 7.71. The second kappa shape index (κ2) is 3.72. The van der Waals surface area contributed by atoms with E-state index in [1.165, 1.54) is 0 Å². The summed E-state index contributed by atoms with van der Waals surface area (Å²) in [4.78, 5) is 2.09. The standard InChI is InChI=1S/C8H16N2O/c1-7(2)8(9)10-3-5-11-6-4-10/h7,9H,3-6H2,1-2H3. The SMILES string of the molecule is CC(C)C(=N)N1CCOCC1. The zero-order chi connectivity index (χ0) is 8.27. The van der Waals surface area contributed by atoms with Crippen LogP contribution in [-0.4, -0.2) is 37.0 Å². The van der Waals surface area contributed by atoms with E-state index in [4.69, 9.17) is 10.1 Å². The minimum Gasteiger partial charge on any atom is -0.378 e. The smallest absolute Gasteiger partial charge is 0.0985 e. The van der Waals surface area contributed by atoms with E-state index >= 15 is 0 Å². The quantitative estimate of drug-likeness (QED) is 0.453. The third-order valence-corrected chi connectivity index (χ3v) is 1.90. The Morgan fingerprint density at radius 3 is 2.36 bits per heavy atom. The number of nitrogens with zero attached hydrogens (tertiary/aromatic N) is 1. The molecule has 3 nitrogen and oxygen atoms in total. The monoisotopic (exact) mass is 156 g/mol. The summed E-state index contributed by atoms with van der Waals surface area (Å²) in [7, 11) is 0. The molecule has 1 saturated heterocycles. The van der Waals surface area contributed by atoms with Crippen molar-refractivity contribution in [3.8, 4) is 0 Å². The Morgan fingerprint density at radius 1 is 1.36 bits per heavy atom. The Labute approximate surface area is 67.8 Å². The lowest BCUT2D eigenvalue weighted by atomic mass is 10.2. The lowest BCUT2D eigenvalue weighted by Gasteiger charge is -2.30. The van der Waals surface area contributed by atoms with Gasteiger partial charge in [0.15, 0.2) is 0 Å². The number of hydrogen-bond donors (Lipinski definition) is 1. The molecule has 0 bridgehead atoms. The molecule has 1 rings (SSSR count). The second-order valence-electron chi connectivity index (χ2n) is 3.14. The Kier molecular flexibility index (Phi) is 2.88. The van der Waals surface area contributed by atoms with Gasteiger partial charge in [0.1, 0.15) is 0 Å². The highest BCUT2D eigenvalue weighted by Crippen LogP contribution is 2.04. The molecule has 0 aromatic carbocycles. The second-order valence-corrected chi connectivity index (χ2v) is 3.14. The van der Waals surface area contributed by atoms with Gasteiger partial charge in [-0.2, -0.15) is 0 Å². The Morgan fingerprint density at radius 2 is 1.91 bits per heavy atom. The van der Waals surface area contributed by atoms with Crippen molar-refractivity contribution >= 4 is 5.84 Å². The lowest BCUT2D eigenvalue weighted by Crippen LogP contribution is -2.42. The van der Waals surface area contributed by atoms with Gasteiger partial charge in [0.2, 0.25) is 0 Å². The maximum Gasteiger partial charge on any atom is 0.0985 e. The molecule has 0 atom stereocenters. The maximum absolute atomic E-state index is 7.71. The summed E-state index contributed by atoms with van der Waals surface area (Å²) in [6, 6.07) is 0. The summed E-state index contributed by atoms with van der Waals surface area (Å²) in [5.74, 6) is 1.08. The van der Waals surface area contributed by atoms with Gasteiger partial charge in [-0.15, -0.1) is 0 Å². The van der Waals surface area contributed by atoms with Crippen LogP contribution in [0.5, 0.6) is 0 Å². The number of hydrogen-bond acceptors (Lipinski definition) is 2. The number of ether oxygens (including phenoxy) is 1. The van der Waals surface area contributed by atoms with Gasteiger partial charge < -0.3 is 9.64 Å². The van der Waals surface area contributed by atoms with E-state index in [0.29, 0.717) is 5.92 Å². The molecule has 0 radical (unpaired) electrons. The van der Waals surface area contributed by atoms with Gasteiger partial charge in [0, 0.05) is 19.0 Å². The van der Waals surface area contributed by atoms with Crippen LogP contribution < -0.4 is 0 Å². The highest BCUT2D eigenvalue weighted by Gasteiger charge is 2.15. The van der Waals surface area contributed by atoms with E-state index in [-0.39, 0.29) is 0 Å². The van der Waals surface area contributed by atoms with Gasteiger partial charge >= 0.3 is 0 Å². The van der Waals surface area contributed by atoms with Crippen LogP contribution in [0, 0.1) is 11.3 Å². The third kappa shape index (κ3) is 2.19. The van der Waals surface area contributed by atoms with Crippen molar-refractivity contribution in [1.29, 1.82) is 5.41 Å². The molecular formula is C8H16N2O. The van der Waals surface area contributed by atoms with E-state index < -0.39 is 0 Å². The first-order chi connectivity index (χ1) is 5.22. The average Bonchev–Trinajstić information content (AvgIpc) is 2.05. The number of nitrogens with one attached hydrogen (secondary N) is 1. The molecule has 0 amide bonds. The van der Waals surface area contributed by atoms with Crippen LogP contribution in [0.15, 0.2) is 0 Å². The topological polar surface area (TPSA) is 36.3 Å². The van der Waals surface area contributed by atoms with E-state index in [0.717, 1.165) is 32.1 Å². The van der Waals surface area contributed by atoms with Crippen molar-refractivity contribution < 1.29 is 4.74 Å². The molecule has 11 heavy (non-hydrogen) atoms. The zero-order valence-corrected chi connectivity index (χ0v) is 7.26. The predicted octanol–water partition coefficient (Wildman–Crippen LogP) is 0.952. The molecule has 1 aliphatic heterocycles. The van der Waals surface area contributed by atoms with Gasteiger partial charge in [0.25, 0.3) is 0 Å². The van der Waals surface area contributed by atoms with Gasteiger partial charge in [-0.3, -0.25) is 5.41 Å². The molecule has 0 saturated carbocycles.